The Morgan fingerprint density at radius 1 is 1.30 bits per heavy atom. The van der Waals surface area contributed by atoms with E-state index < -0.39 is 0 Å². The largest absolute Gasteiger partial charge is 0.389 e. The molecule has 0 saturated heterocycles. The maximum absolute atomic E-state index is 5.82. The van der Waals surface area contributed by atoms with E-state index in [-0.39, 0.29) is 6.04 Å². The molecular formula is C14H18N4S2. The minimum Gasteiger partial charge on any atom is -0.389 e. The van der Waals surface area contributed by atoms with E-state index >= 15 is 0 Å². The van der Waals surface area contributed by atoms with Crippen LogP contribution in [0.25, 0.3) is 0 Å². The molecule has 1 unspecified atom stereocenters. The van der Waals surface area contributed by atoms with Crippen LogP contribution in [0.5, 0.6) is 0 Å². The number of aryl methyl sites for hydroxylation is 3. The summed E-state index contributed by atoms with van der Waals surface area (Å²) in [5, 5.41) is 6.54. The first-order chi connectivity index (χ1) is 9.38. The van der Waals surface area contributed by atoms with Crippen molar-refractivity contribution in [3.63, 3.8) is 0 Å². The van der Waals surface area contributed by atoms with Gasteiger partial charge in [-0.2, -0.15) is 0 Å². The fourth-order valence-electron chi connectivity index (χ4n) is 2.12. The highest BCUT2D eigenvalue weighted by Crippen LogP contribution is 2.26. The molecule has 0 fully saturated rings. The Balaban J connectivity index is 2.35. The number of rotatable bonds is 4. The molecule has 0 spiro atoms. The SMILES string of the molecule is Cc1csc(C(C)Nc2cc(C)nc(C)c2C(N)=S)n1. The van der Waals surface area contributed by atoms with Crippen LogP contribution < -0.4 is 11.1 Å². The molecule has 2 aromatic heterocycles. The number of anilines is 1. The average molecular weight is 306 g/mol. The van der Waals surface area contributed by atoms with Gasteiger partial charge in [0.25, 0.3) is 0 Å². The predicted octanol–water partition coefficient (Wildman–Crippen LogP) is 3.27. The van der Waals surface area contributed by atoms with Crippen molar-refractivity contribution in [1.82, 2.24) is 9.97 Å². The van der Waals surface area contributed by atoms with Gasteiger partial charge in [0, 0.05) is 28.1 Å². The first-order valence-electron chi connectivity index (χ1n) is 6.35. The highest BCUT2D eigenvalue weighted by Gasteiger charge is 2.15. The maximum atomic E-state index is 5.82. The zero-order chi connectivity index (χ0) is 14.9. The van der Waals surface area contributed by atoms with E-state index in [0.717, 1.165) is 33.3 Å². The van der Waals surface area contributed by atoms with Crippen molar-refractivity contribution in [3.05, 3.63) is 39.1 Å². The van der Waals surface area contributed by atoms with E-state index in [1.54, 1.807) is 11.3 Å². The molecule has 0 aromatic carbocycles. The third-order valence-corrected chi connectivity index (χ3v) is 4.30. The smallest absolute Gasteiger partial charge is 0.115 e. The number of thiazole rings is 1. The quantitative estimate of drug-likeness (QED) is 0.849. The van der Waals surface area contributed by atoms with Crippen LogP contribution in [0.1, 0.15) is 40.6 Å². The van der Waals surface area contributed by atoms with Crippen LogP contribution >= 0.6 is 23.6 Å². The van der Waals surface area contributed by atoms with Gasteiger partial charge in [-0.3, -0.25) is 4.98 Å². The van der Waals surface area contributed by atoms with Crippen LogP contribution in [-0.2, 0) is 0 Å². The van der Waals surface area contributed by atoms with Crippen LogP contribution in [-0.4, -0.2) is 15.0 Å². The summed E-state index contributed by atoms with van der Waals surface area (Å²) in [5.41, 5.74) is 10.4. The molecule has 0 radical (unpaired) electrons. The zero-order valence-electron chi connectivity index (χ0n) is 12.0. The summed E-state index contributed by atoms with van der Waals surface area (Å²) < 4.78 is 0. The Morgan fingerprint density at radius 2 is 2.00 bits per heavy atom. The van der Waals surface area contributed by atoms with Crippen molar-refractivity contribution in [3.8, 4) is 0 Å². The molecule has 20 heavy (non-hydrogen) atoms. The number of nitrogens with zero attached hydrogens (tertiary/aromatic N) is 2. The van der Waals surface area contributed by atoms with Gasteiger partial charge in [-0.15, -0.1) is 11.3 Å². The number of hydrogen-bond donors (Lipinski definition) is 2. The van der Waals surface area contributed by atoms with Gasteiger partial charge in [-0.1, -0.05) is 12.2 Å². The molecule has 0 aliphatic rings. The molecule has 0 aliphatic carbocycles. The lowest BCUT2D eigenvalue weighted by Crippen LogP contribution is -2.18. The first-order valence-corrected chi connectivity index (χ1v) is 7.64. The maximum Gasteiger partial charge on any atom is 0.115 e. The highest BCUT2D eigenvalue weighted by molar-refractivity contribution is 7.80. The first kappa shape index (κ1) is 14.9. The van der Waals surface area contributed by atoms with Crippen LogP contribution in [0.15, 0.2) is 11.4 Å². The molecule has 0 bridgehead atoms. The molecule has 2 aromatic rings. The fraction of sp³-hybridized carbons (Fsp3) is 0.357. The topological polar surface area (TPSA) is 63.8 Å². The Hall–Kier alpha value is -1.53. The van der Waals surface area contributed by atoms with Gasteiger partial charge in [0.15, 0.2) is 0 Å². The van der Waals surface area contributed by atoms with Gasteiger partial charge in [0.2, 0.25) is 0 Å². The highest BCUT2D eigenvalue weighted by atomic mass is 32.1. The third kappa shape index (κ3) is 3.13. The summed E-state index contributed by atoms with van der Waals surface area (Å²) in [6.45, 7) is 7.95. The Labute approximate surface area is 128 Å². The number of thiocarbonyl (C=S) groups is 1. The third-order valence-electron chi connectivity index (χ3n) is 2.95. The van der Waals surface area contributed by atoms with Gasteiger partial charge in [-0.05, 0) is 33.8 Å². The van der Waals surface area contributed by atoms with Crippen LogP contribution in [0.4, 0.5) is 5.69 Å². The predicted molar refractivity (Wildman–Crippen MR) is 88.5 cm³/mol. The average Bonchev–Trinajstić information content (AvgIpc) is 2.74. The lowest BCUT2D eigenvalue weighted by Gasteiger charge is -2.18. The van der Waals surface area contributed by atoms with Gasteiger partial charge < -0.3 is 11.1 Å². The van der Waals surface area contributed by atoms with Gasteiger partial charge in [0.1, 0.15) is 10.00 Å². The van der Waals surface area contributed by atoms with Crippen molar-refractivity contribution in [1.29, 1.82) is 0 Å². The number of nitrogens with one attached hydrogen (secondary N) is 1. The number of pyridine rings is 1. The standard InChI is InChI=1S/C14H18N4S2/c1-7-5-11(12(13(15)19)9(3)16-7)18-10(4)14-17-8(2)6-20-14/h5-6,10H,1-4H3,(H2,15,19)(H,16,18). The number of hydrogen-bond acceptors (Lipinski definition) is 5. The van der Waals surface area contributed by atoms with E-state index in [1.165, 1.54) is 0 Å². The fourth-order valence-corrected chi connectivity index (χ4v) is 3.18. The second kappa shape index (κ2) is 5.85. The Kier molecular flexibility index (Phi) is 4.35. The zero-order valence-corrected chi connectivity index (χ0v) is 13.7. The van der Waals surface area contributed by atoms with Crippen molar-refractivity contribution >= 4 is 34.2 Å². The van der Waals surface area contributed by atoms with Crippen molar-refractivity contribution < 1.29 is 0 Å². The minimum absolute atomic E-state index is 0.100. The van der Waals surface area contributed by atoms with Gasteiger partial charge in [0.05, 0.1) is 11.6 Å². The van der Waals surface area contributed by atoms with Crippen LogP contribution in [0.3, 0.4) is 0 Å². The molecule has 2 rings (SSSR count). The normalized spacial score (nSPS) is 12.2. The van der Waals surface area contributed by atoms with E-state index in [0.29, 0.717) is 4.99 Å². The summed E-state index contributed by atoms with van der Waals surface area (Å²) in [7, 11) is 0. The molecule has 3 N–H and O–H groups in total. The molecule has 0 saturated carbocycles. The monoisotopic (exact) mass is 306 g/mol. The Morgan fingerprint density at radius 3 is 2.55 bits per heavy atom. The lowest BCUT2D eigenvalue weighted by molar-refractivity contribution is 0.861. The van der Waals surface area contributed by atoms with Crippen molar-refractivity contribution in [2.24, 2.45) is 5.73 Å². The van der Waals surface area contributed by atoms with E-state index in [2.05, 4.69) is 22.2 Å². The molecule has 2 heterocycles. The van der Waals surface area contributed by atoms with Gasteiger partial charge >= 0.3 is 0 Å². The number of nitrogens with two attached hydrogens (primary N) is 1. The summed E-state index contributed by atoms with van der Waals surface area (Å²) in [5.74, 6) is 0. The van der Waals surface area contributed by atoms with Crippen molar-refractivity contribution in [2.45, 2.75) is 33.7 Å². The van der Waals surface area contributed by atoms with Crippen molar-refractivity contribution in [2.75, 3.05) is 5.32 Å². The summed E-state index contributed by atoms with van der Waals surface area (Å²) in [6, 6.07) is 2.07. The summed E-state index contributed by atoms with van der Waals surface area (Å²) in [6.07, 6.45) is 0. The van der Waals surface area contributed by atoms with E-state index in [9.17, 15) is 0 Å². The molecular weight excluding hydrogens is 288 g/mol. The van der Waals surface area contributed by atoms with Crippen LogP contribution in [0.2, 0.25) is 0 Å². The van der Waals surface area contributed by atoms with Gasteiger partial charge in [-0.25, -0.2) is 4.98 Å². The van der Waals surface area contributed by atoms with E-state index in [4.69, 9.17) is 18.0 Å². The summed E-state index contributed by atoms with van der Waals surface area (Å²) in [4.78, 5) is 9.28. The lowest BCUT2D eigenvalue weighted by atomic mass is 10.1. The second-order valence-electron chi connectivity index (χ2n) is 4.83. The molecule has 0 amide bonds. The van der Waals surface area contributed by atoms with E-state index in [1.807, 2.05) is 32.2 Å². The molecule has 6 heteroatoms. The molecule has 106 valence electrons. The molecule has 0 aliphatic heterocycles. The molecule has 4 nitrogen and oxygen atoms in total. The molecule has 1 atom stereocenters. The summed E-state index contributed by atoms with van der Waals surface area (Å²) >= 11 is 6.78. The van der Waals surface area contributed by atoms with Crippen LogP contribution in [0, 0.1) is 20.8 Å². The second-order valence-corrected chi connectivity index (χ2v) is 6.16. The minimum atomic E-state index is 0.100. The Bertz CT molecular complexity index is 649. The number of aromatic nitrogens is 2.